The van der Waals surface area contributed by atoms with Gasteiger partial charge in [0.2, 0.25) is 0 Å². The highest BCUT2D eigenvalue weighted by molar-refractivity contribution is 5.78. The standard InChI is InChI=1S/C15H32N4/c1-12(2)11-19-9-7-6-8-13(19)10-17-14(16)18-15(3,4)5/h12-13H,6-11H2,1-5H3,(H3,16,17,18). The van der Waals surface area contributed by atoms with Crippen molar-refractivity contribution in [3.63, 3.8) is 0 Å². The number of rotatable bonds is 4. The molecule has 19 heavy (non-hydrogen) atoms. The summed E-state index contributed by atoms with van der Waals surface area (Å²) < 4.78 is 0. The first-order valence-electron chi connectivity index (χ1n) is 7.60. The number of hydrogen-bond donors (Lipinski definition) is 2. The topological polar surface area (TPSA) is 53.6 Å². The lowest BCUT2D eigenvalue weighted by molar-refractivity contribution is 0.137. The number of nitrogens with two attached hydrogens (primary N) is 1. The van der Waals surface area contributed by atoms with E-state index >= 15 is 0 Å². The van der Waals surface area contributed by atoms with Crippen molar-refractivity contribution in [1.29, 1.82) is 0 Å². The van der Waals surface area contributed by atoms with Crippen molar-refractivity contribution in [1.82, 2.24) is 10.2 Å². The maximum absolute atomic E-state index is 5.94. The molecule has 4 heteroatoms. The number of nitrogens with one attached hydrogen (secondary N) is 1. The summed E-state index contributed by atoms with van der Waals surface area (Å²) in [4.78, 5) is 7.12. The fourth-order valence-electron chi connectivity index (χ4n) is 2.60. The molecule has 0 radical (unpaired) electrons. The minimum Gasteiger partial charge on any atom is -0.370 e. The molecule has 0 saturated carbocycles. The molecule has 0 aromatic rings. The molecule has 1 rings (SSSR count). The van der Waals surface area contributed by atoms with Crippen LogP contribution in [-0.4, -0.2) is 42.1 Å². The van der Waals surface area contributed by atoms with Gasteiger partial charge in [-0.1, -0.05) is 20.3 Å². The third-order valence-electron chi connectivity index (χ3n) is 3.32. The molecule has 1 saturated heterocycles. The second-order valence-corrected chi connectivity index (χ2v) is 7.14. The van der Waals surface area contributed by atoms with Gasteiger partial charge in [-0.3, -0.25) is 9.89 Å². The quantitative estimate of drug-likeness (QED) is 0.607. The van der Waals surface area contributed by atoms with Gasteiger partial charge in [0.25, 0.3) is 0 Å². The summed E-state index contributed by atoms with van der Waals surface area (Å²) in [6.45, 7) is 14.1. The van der Waals surface area contributed by atoms with Gasteiger partial charge in [0.15, 0.2) is 5.96 Å². The molecule has 1 unspecified atom stereocenters. The zero-order valence-electron chi connectivity index (χ0n) is 13.4. The zero-order chi connectivity index (χ0) is 14.5. The lowest BCUT2D eigenvalue weighted by Gasteiger charge is -2.36. The highest BCUT2D eigenvalue weighted by atomic mass is 15.2. The molecule has 1 atom stereocenters. The Labute approximate surface area is 118 Å². The summed E-state index contributed by atoms with van der Waals surface area (Å²) in [6, 6.07) is 0.566. The molecule has 0 bridgehead atoms. The van der Waals surface area contributed by atoms with E-state index in [2.05, 4.69) is 49.8 Å². The van der Waals surface area contributed by atoms with Crippen LogP contribution in [0, 0.1) is 5.92 Å². The van der Waals surface area contributed by atoms with Crippen LogP contribution in [0.2, 0.25) is 0 Å². The van der Waals surface area contributed by atoms with E-state index in [4.69, 9.17) is 5.73 Å². The molecule has 0 spiro atoms. The highest BCUT2D eigenvalue weighted by Crippen LogP contribution is 2.18. The minimum absolute atomic E-state index is 0.0161. The first-order valence-corrected chi connectivity index (χ1v) is 7.60. The third-order valence-corrected chi connectivity index (χ3v) is 3.32. The zero-order valence-corrected chi connectivity index (χ0v) is 13.4. The van der Waals surface area contributed by atoms with Gasteiger partial charge in [-0.2, -0.15) is 0 Å². The molecular formula is C15H32N4. The smallest absolute Gasteiger partial charge is 0.189 e. The first kappa shape index (κ1) is 16.3. The Morgan fingerprint density at radius 3 is 2.63 bits per heavy atom. The fraction of sp³-hybridized carbons (Fsp3) is 0.933. The van der Waals surface area contributed by atoms with Crippen LogP contribution < -0.4 is 11.1 Å². The van der Waals surface area contributed by atoms with Crippen LogP contribution in [-0.2, 0) is 0 Å². The summed E-state index contributed by atoms with van der Waals surface area (Å²) in [7, 11) is 0. The van der Waals surface area contributed by atoms with Crippen molar-refractivity contribution in [3.8, 4) is 0 Å². The maximum atomic E-state index is 5.94. The van der Waals surface area contributed by atoms with Crippen molar-refractivity contribution in [2.45, 2.75) is 65.5 Å². The Balaban J connectivity index is 2.50. The summed E-state index contributed by atoms with van der Waals surface area (Å²) in [5, 5.41) is 3.22. The average molecular weight is 268 g/mol. The van der Waals surface area contributed by atoms with Crippen LogP contribution in [0.4, 0.5) is 0 Å². The van der Waals surface area contributed by atoms with Crippen molar-refractivity contribution < 1.29 is 0 Å². The second-order valence-electron chi connectivity index (χ2n) is 7.14. The molecule has 4 nitrogen and oxygen atoms in total. The van der Waals surface area contributed by atoms with E-state index in [9.17, 15) is 0 Å². The Morgan fingerprint density at radius 1 is 1.37 bits per heavy atom. The van der Waals surface area contributed by atoms with Gasteiger partial charge < -0.3 is 11.1 Å². The largest absolute Gasteiger partial charge is 0.370 e. The molecule has 112 valence electrons. The molecule has 1 heterocycles. The van der Waals surface area contributed by atoms with Crippen molar-refractivity contribution >= 4 is 5.96 Å². The van der Waals surface area contributed by atoms with Gasteiger partial charge in [-0.25, -0.2) is 0 Å². The van der Waals surface area contributed by atoms with Crippen LogP contribution in [0.3, 0.4) is 0 Å². The minimum atomic E-state index is -0.0161. The van der Waals surface area contributed by atoms with Gasteiger partial charge in [0.05, 0.1) is 6.54 Å². The Kier molecular flexibility index (Phi) is 6.11. The van der Waals surface area contributed by atoms with E-state index in [-0.39, 0.29) is 5.54 Å². The van der Waals surface area contributed by atoms with E-state index in [1.807, 2.05) is 0 Å². The molecule has 1 aliphatic rings. The molecule has 1 aliphatic heterocycles. The highest BCUT2D eigenvalue weighted by Gasteiger charge is 2.22. The van der Waals surface area contributed by atoms with E-state index in [0.717, 1.165) is 12.5 Å². The average Bonchev–Trinajstić information content (AvgIpc) is 2.24. The van der Waals surface area contributed by atoms with Crippen LogP contribution in [0.15, 0.2) is 4.99 Å². The number of likely N-dealkylation sites (tertiary alicyclic amines) is 1. The Hall–Kier alpha value is -0.770. The molecule has 0 aromatic heterocycles. The molecule has 0 aliphatic carbocycles. The number of piperidine rings is 1. The lowest BCUT2D eigenvalue weighted by atomic mass is 10.0. The predicted octanol–water partition coefficient (Wildman–Crippen LogP) is 2.20. The summed E-state index contributed by atoms with van der Waals surface area (Å²) in [5.41, 5.74) is 5.93. The van der Waals surface area contributed by atoms with Crippen LogP contribution in [0.1, 0.15) is 53.9 Å². The maximum Gasteiger partial charge on any atom is 0.189 e. The van der Waals surface area contributed by atoms with Gasteiger partial charge in [0, 0.05) is 18.1 Å². The number of aliphatic imine (C=N–C) groups is 1. The monoisotopic (exact) mass is 268 g/mol. The van der Waals surface area contributed by atoms with Gasteiger partial charge in [-0.15, -0.1) is 0 Å². The SMILES string of the molecule is CC(C)CN1CCCCC1CN=C(N)NC(C)(C)C. The van der Waals surface area contributed by atoms with Crippen molar-refractivity contribution in [3.05, 3.63) is 0 Å². The lowest BCUT2D eigenvalue weighted by Crippen LogP contribution is -2.47. The van der Waals surface area contributed by atoms with E-state index in [1.165, 1.54) is 32.4 Å². The number of hydrogen-bond acceptors (Lipinski definition) is 2. The van der Waals surface area contributed by atoms with E-state index in [1.54, 1.807) is 0 Å². The number of guanidine groups is 1. The molecule has 3 N–H and O–H groups in total. The van der Waals surface area contributed by atoms with Crippen LogP contribution in [0.5, 0.6) is 0 Å². The van der Waals surface area contributed by atoms with Crippen LogP contribution in [0.25, 0.3) is 0 Å². The fourth-order valence-corrected chi connectivity index (χ4v) is 2.60. The van der Waals surface area contributed by atoms with E-state index < -0.39 is 0 Å². The predicted molar refractivity (Wildman–Crippen MR) is 83.4 cm³/mol. The molecule has 1 fully saturated rings. The normalized spacial score (nSPS) is 22.8. The summed E-state index contributed by atoms with van der Waals surface area (Å²) >= 11 is 0. The summed E-state index contributed by atoms with van der Waals surface area (Å²) in [6.07, 6.45) is 3.89. The number of nitrogens with zero attached hydrogens (tertiary/aromatic N) is 2. The Morgan fingerprint density at radius 2 is 2.05 bits per heavy atom. The third kappa shape index (κ3) is 6.81. The molecule has 0 aromatic carbocycles. The van der Waals surface area contributed by atoms with Gasteiger partial charge in [-0.05, 0) is 46.1 Å². The second kappa shape index (κ2) is 7.13. The summed E-state index contributed by atoms with van der Waals surface area (Å²) in [5.74, 6) is 1.29. The van der Waals surface area contributed by atoms with Crippen molar-refractivity contribution in [2.24, 2.45) is 16.6 Å². The molecule has 0 amide bonds. The first-order chi connectivity index (χ1) is 8.78. The Bertz CT molecular complexity index is 291. The van der Waals surface area contributed by atoms with Crippen LogP contribution >= 0.6 is 0 Å². The van der Waals surface area contributed by atoms with E-state index in [0.29, 0.717) is 12.0 Å². The van der Waals surface area contributed by atoms with Gasteiger partial charge in [0.1, 0.15) is 0 Å². The van der Waals surface area contributed by atoms with Gasteiger partial charge >= 0.3 is 0 Å². The molecular weight excluding hydrogens is 236 g/mol. The van der Waals surface area contributed by atoms with Crippen molar-refractivity contribution in [2.75, 3.05) is 19.6 Å².